The molecule has 0 N–H and O–H groups in total. The summed E-state index contributed by atoms with van der Waals surface area (Å²) in [5.74, 6) is 1.34. The number of methoxy groups -OCH3 is 1. The van der Waals surface area contributed by atoms with Crippen LogP contribution in [0, 0.1) is 0 Å². The van der Waals surface area contributed by atoms with E-state index in [1.54, 1.807) is 43.5 Å². The molecule has 0 fully saturated rings. The molecule has 0 heterocycles. The van der Waals surface area contributed by atoms with Crippen LogP contribution < -0.4 is 24.0 Å². The summed E-state index contributed by atoms with van der Waals surface area (Å²) >= 11 is 0. The summed E-state index contributed by atoms with van der Waals surface area (Å²) in [4.78, 5) is 36.2. The zero-order valence-electron chi connectivity index (χ0n) is 40.2. The van der Waals surface area contributed by atoms with E-state index in [0.717, 1.165) is 61.8 Å². The molecular formula is C63H53NO7. The summed E-state index contributed by atoms with van der Waals surface area (Å²) in [6.07, 6.45) is -0.851. The van der Waals surface area contributed by atoms with Crippen molar-refractivity contribution < 1.29 is 33.6 Å². The van der Waals surface area contributed by atoms with E-state index in [-0.39, 0.29) is 0 Å². The lowest BCUT2D eigenvalue weighted by atomic mass is 9.71. The van der Waals surface area contributed by atoms with Gasteiger partial charge < -0.3 is 19.1 Å². The van der Waals surface area contributed by atoms with Crippen LogP contribution in [0.1, 0.15) is 55.5 Å². The fourth-order valence-corrected chi connectivity index (χ4v) is 8.89. The normalized spacial score (nSPS) is 12.0. The van der Waals surface area contributed by atoms with Gasteiger partial charge in [-0.05, 0) is 142 Å². The second-order valence-corrected chi connectivity index (χ2v) is 17.9. The molecule has 9 aromatic carbocycles. The second-order valence-electron chi connectivity index (χ2n) is 17.9. The molecule has 9 aromatic rings. The minimum atomic E-state index is -0.851. The Morgan fingerprint density at radius 1 is 0.380 bits per heavy atom. The number of rotatable bonds is 15. The highest BCUT2D eigenvalue weighted by Crippen LogP contribution is 2.43. The van der Waals surface area contributed by atoms with Crippen LogP contribution in [0.3, 0.4) is 0 Å². The smallest absolute Gasteiger partial charge is 0.497 e. The first-order chi connectivity index (χ1) is 34.5. The van der Waals surface area contributed by atoms with E-state index in [9.17, 15) is 9.59 Å². The Morgan fingerprint density at radius 2 is 0.704 bits per heavy atom. The van der Waals surface area contributed by atoms with Gasteiger partial charge in [-0.3, -0.25) is 9.78 Å². The van der Waals surface area contributed by atoms with Crippen molar-refractivity contribution in [3.05, 3.63) is 258 Å². The number of carbonyl (C=O) groups excluding carboxylic acids is 2. The average Bonchev–Trinajstić information content (AvgIpc) is 3.41. The van der Waals surface area contributed by atoms with Gasteiger partial charge in [-0.25, -0.2) is 9.59 Å². The molecule has 0 amide bonds. The van der Waals surface area contributed by atoms with Gasteiger partial charge in [-0.15, -0.1) is 0 Å². The van der Waals surface area contributed by atoms with Crippen LogP contribution in [0.2, 0.25) is 0 Å². The molecule has 8 heteroatoms. The van der Waals surface area contributed by atoms with E-state index >= 15 is 0 Å². The Morgan fingerprint density at radius 3 is 1.08 bits per heavy atom. The molecule has 1 atom stereocenters. The van der Waals surface area contributed by atoms with Gasteiger partial charge in [0.15, 0.2) is 5.75 Å². The minimum Gasteiger partial charge on any atom is -0.497 e. The van der Waals surface area contributed by atoms with E-state index in [1.165, 1.54) is 18.1 Å². The molecule has 0 bridgehead atoms. The summed E-state index contributed by atoms with van der Waals surface area (Å²) in [7, 11) is 1.66. The summed E-state index contributed by atoms with van der Waals surface area (Å²) in [6.45, 7) is 7.66. The predicted octanol–water partition coefficient (Wildman–Crippen LogP) is 15.6. The van der Waals surface area contributed by atoms with Crippen LogP contribution >= 0.6 is 0 Å². The Labute approximate surface area is 415 Å². The topological polar surface area (TPSA) is 83.5 Å². The average molecular weight is 936 g/mol. The second kappa shape index (κ2) is 20.8. The number of hydrogen-bond donors (Lipinski definition) is 0. The maximum Gasteiger partial charge on any atom is 0.519 e. The highest BCUT2D eigenvalue weighted by molar-refractivity contribution is 5.80. The Kier molecular flexibility index (Phi) is 13.8. The molecule has 0 aromatic heterocycles. The van der Waals surface area contributed by atoms with Gasteiger partial charge in [0.05, 0.1) is 7.11 Å². The van der Waals surface area contributed by atoms with Crippen LogP contribution in [-0.4, -0.2) is 19.2 Å². The predicted molar refractivity (Wildman–Crippen MR) is 281 cm³/mol. The molecule has 71 heavy (non-hydrogen) atoms. The van der Waals surface area contributed by atoms with Crippen molar-refractivity contribution in [3.8, 4) is 45.3 Å². The van der Waals surface area contributed by atoms with Gasteiger partial charge in [0.2, 0.25) is 0 Å². The van der Waals surface area contributed by atoms with Crippen LogP contribution in [0.5, 0.6) is 23.0 Å². The van der Waals surface area contributed by atoms with Crippen molar-refractivity contribution >= 4 is 29.2 Å². The largest absolute Gasteiger partial charge is 0.519 e. The Balaban J connectivity index is 0.955. The van der Waals surface area contributed by atoms with Crippen molar-refractivity contribution in [3.63, 3.8) is 0 Å². The first kappa shape index (κ1) is 47.2. The molecule has 0 saturated carbocycles. The quantitative estimate of drug-likeness (QED) is 0.0330. The summed E-state index contributed by atoms with van der Waals surface area (Å²) in [5, 5.41) is 0. The first-order valence-electron chi connectivity index (χ1n) is 23.4. The van der Waals surface area contributed by atoms with Gasteiger partial charge in [-0.2, -0.15) is 0 Å². The van der Waals surface area contributed by atoms with Gasteiger partial charge in [-0.1, -0.05) is 159 Å². The van der Waals surface area contributed by atoms with Crippen molar-refractivity contribution in [2.45, 2.75) is 38.5 Å². The van der Waals surface area contributed by atoms with Crippen molar-refractivity contribution in [1.29, 1.82) is 0 Å². The SMILES string of the molecule is COc1ccc(C(C)(c2ccc(OC(=O)Oc3ccc(C(C)(C)c4ccc(OOC(C)=O)cc4)cc3)cc2)c2ccc(N(c3ccc(-c4ccccc4)cc3)c3ccc(-c4ccccc4)cc3)cc2)cc1. The molecule has 9 rings (SSSR count). The zero-order chi connectivity index (χ0) is 49.4. The van der Waals surface area contributed by atoms with Crippen LogP contribution in [0.4, 0.5) is 21.9 Å². The van der Waals surface area contributed by atoms with Crippen LogP contribution in [0.25, 0.3) is 22.3 Å². The third kappa shape index (κ3) is 10.6. The zero-order valence-corrected chi connectivity index (χ0v) is 40.2. The van der Waals surface area contributed by atoms with Crippen molar-refractivity contribution in [1.82, 2.24) is 0 Å². The molecule has 0 saturated heterocycles. The minimum absolute atomic E-state index is 0.345. The monoisotopic (exact) mass is 935 g/mol. The third-order valence-corrected chi connectivity index (χ3v) is 13.1. The van der Waals surface area contributed by atoms with Gasteiger partial charge >= 0.3 is 12.1 Å². The fourth-order valence-electron chi connectivity index (χ4n) is 8.89. The molecule has 0 aliphatic heterocycles. The molecule has 8 nitrogen and oxygen atoms in total. The maximum atomic E-state index is 13.1. The van der Waals surface area contributed by atoms with Crippen molar-refractivity contribution in [2.75, 3.05) is 12.0 Å². The Bertz CT molecular complexity index is 3110. The molecule has 0 spiro atoms. The fraction of sp³-hybridized carbons (Fsp3) is 0.111. The van der Waals surface area contributed by atoms with Gasteiger partial charge in [0.25, 0.3) is 0 Å². The number of ether oxygens (including phenoxy) is 3. The molecule has 1 unspecified atom stereocenters. The Hall–Kier alpha value is -8.88. The number of hydrogen-bond acceptors (Lipinski definition) is 8. The number of anilines is 3. The summed E-state index contributed by atoms with van der Waals surface area (Å²) < 4.78 is 16.9. The lowest BCUT2D eigenvalue weighted by Gasteiger charge is -2.33. The highest BCUT2D eigenvalue weighted by Gasteiger charge is 2.32. The summed E-state index contributed by atoms with van der Waals surface area (Å²) in [5.41, 5.74) is 11.8. The lowest BCUT2D eigenvalue weighted by molar-refractivity contribution is -0.210. The van der Waals surface area contributed by atoms with Crippen molar-refractivity contribution in [2.24, 2.45) is 0 Å². The van der Waals surface area contributed by atoms with E-state index < -0.39 is 23.0 Å². The van der Waals surface area contributed by atoms with Crippen LogP contribution in [0.15, 0.2) is 231 Å². The van der Waals surface area contributed by atoms with E-state index in [0.29, 0.717) is 17.2 Å². The number of benzene rings is 9. The number of carbonyl (C=O) groups is 2. The molecule has 0 aliphatic rings. The highest BCUT2D eigenvalue weighted by atomic mass is 17.2. The van der Waals surface area contributed by atoms with Gasteiger partial charge in [0.1, 0.15) is 17.2 Å². The van der Waals surface area contributed by atoms with Crippen LogP contribution in [-0.2, 0) is 20.5 Å². The molecular weight excluding hydrogens is 883 g/mol. The maximum absolute atomic E-state index is 13.1. The first-order valence-corrected chi connectivity index (χ1v) is 23.4. The third-order valence-electron chi connectivity index (χ3n) is 13.1. The lowest BCUT2D eigenvalue weighted by Crippen LogP contribution is -2.25. The molecule has 0 aliphatic carbocycles. The van der Waals surface area contributed by atoms with Gasteiger partial charge in [0, 0.05) is 34.8 Å². The van der Waals surface area contributed by atoms with E-state index in [2.05, 4.69) is 164 Å². The number of nitrogens with zero attached hydrogens (tertiary/aromatic N) is 1. The summed E-state index contributed by atoms with van der Waals surface area (Å²) in [6, 6.07) is 77.3. The molecule has 352 valence electrons. The standard InChI is InChI=1S/C63H53NO7/c1-44(65)70-71-60-42-24-50(25-43-60)62(2,3)49-22-38-58(39-23-49)68-61(66)69-59-40-28-53(29-41-59)63(4,52-26-36-57(67-5)37-27-52)51-20-34-56(35-21-51)64(54-30-16-47(17-31-54)45-12-8-6-9-13-45)55-32-18-48(19-33-55)46-14-10-7-11-15-46/h6-43H,1-5H3. The van der Waals surface area contributed by atoms with E-state index in [4.69, 9.17) is 19.1 Å². The molecule has 0 radical (unpaired) electrons. The van der Waals surface area contributed by atoms with E-state index in [1.807, 2.05) is 60.7 Å².